The lowest BCUT2D eigenvalue weighted by Gasteiger charge is -2.13. The minimum Gasteiger partial charge on any atom is -0.381 e. The summed E-state index contributed by atoms with van der Waals surface area (Å²) in [5.74, 6) is 0.625. The highest BCUT2D eigenvalue weighted by Crippen LogP contribution is 2.26. The van der Waals surface area contributed by atoms with Crippen molar-refractivity contribution in [2.45, 2.75) is 19.3 Å². The van der Waals surface area contributed by atoms with Crippen molar-refractivity contribution in [3.8, 4) is 0 Å². The van der Waals surface area contributed by atoms with Gasteiger partial charge in [-0.1, -0.05) is 6.08 Å². The number of nitrogens with one attached hydrogen (secondary N) is 1. The average Bonchev–Trinajstić information content (AvgIpc) is 2.34. The Morgan fingerprint density at radius 2 is 2.50 bits per heavy atom. The molecule has 1 N–H and O–H groups in total. The van der Waals surface area contributed by atoms with E-state index in [0.717, 1.165) is 12.8 Å². The highest BCUT2D eigenvalue weighted by molar-refractivity contribution is 5.88. The summed E-state index contributed by atoms with van der Waals surface area (Å²) in [6.45, 7) is 0.566. The summed E-state index contributed by atoms with van der Waals surface area (Å²) in [5.41, 5.74) is 1.19. The van der Waals surface area contributed by atoms with Crippen LogP contribution in [0.1, 0.15) is 19.3 Å². The van der Waals surface area contributed by atoms with Crippen molar-refractivity contribution in [1.29, 1.82) is 0 Å². The Labute approximate surface area is 60.3 Å². The molecule has 0 aromatic carbocycles. The van der Waals surface area contributed by atoms with E-state index in [-0.39, 0.29) is 5.92 Å². The van der Waals surface area contributed by atoms with Crippen molar-refractivity contribution in [1.82, 2.24) is 5.32 Å². The number of carbonyl (C=O) groups is 1. The van der Waals surface area contributed by atoms with E-state index in [9.17, 15) is 4.79 Å². The molecule has 1 heterocycles. The second-order valence-corrected chi connectivity index (χ2v) is 2.96. The zero-order valence-corrected chi connectivity index (χ0v) is 5.89. The van der Waals surface area contributed by atoms with Crippen LogP contribution in [-0.2, 0) is 4.79 Å². The molecule has 2 aliphatic rings. The van der Waals surface area contributed by atoms with Gasteiger partial charge in [-0.15, -0.1) is 0 Å². The number of allylic oxidation sites excluding steroid dienone is 2. The minimum absolute atomic E-state index is 0.244. The van der Waals surface area contributed by atoms with Gasteiger partial charge in [-0.25, -0.2) is 0 Å². The summed E-state index contributed by atoms with van der Waals surface area (Å²) in [7, 11) is 0. The van der Waals surface area contributed by atoms with Crippen LogP contribution in [0.3, 0.4) is 0 Å². The molecular weight excluding hydrogens is 126 g/mol. The van der Waals surface area contributed by atoms with Crippen LogP contribution < -0.4 is 5.32 Å². The predicted molar refractivity (Wildman–Crippen MR) is 38.4 cm³/mol. The van der Waals surface area contributed by atoms with E-state index in [0.29, 0.717) is 12.3 Å². The zero-order chi connectivity index (χ0) is 6.97. The third-order valence-corrected chi connectivity index (χ3v) is 2.29. The molecule has 2 nitrogen and oxygen atoms in total. The van der Waals surface area contributed by atoms with Crippen LogP contribution in [-0.4, -0.2) is 12.3 Å². The topological polar surface area (TPSA) is 29.1 Å². The van der Waals surface area contributed by atoms with Gasteiger partial charge in [-0.3, -0.25) is 4.79 Å². The van der Waals surface area contributed by atoms with Gasteiger partial charge in [0, 0.05) is 5.70 Å². The van der Waals surface area contributed by atoms with E-state index in [2.05, 4.69) is 11.4 Å². The third-order valence-electron chi connectivity index (χ3n) is 2.29. The summed E-state index contributed by atoms with van der Waals surface area (Å²) in [6.07, 6.45) is 5.56. The van der Waals surface area contributed by atoms with Crippen LogP contribution in [0.2, 0.25) is 0 Å². The summed E-state index contributed by atoms with van der Waals surface area (Å²) >= 11 is 0. The van der Waals surface area contributed by atoms with Crippen molar-refractivity contribution in [2.75, 3.05) is 6.54 Å². The van der Waals surface area contributed by atoms with Gasteiger partial charge < -0.3 is 5.32 Å². The lowest BCUT2D eigenvalue weighted by Crippen LogP contribution is -2.12. The lowest BCUT2D eigenvalue weighted by molar-refractivity contribution is -0.119. The summed E-state index contributed by atoms with van der Waals surface area (Å²) in [4.78, 5) is 11.1. The number of rotatable bonds is 0. The SMILES string of the molecule is O=C1CNC2=CCCCC12. The number of ketones is 1. The first-order chi connectivity index (χ1) is 4.88. The third kappa shape index (κ3) is 0.753. The summed E-state index contributed by atoms with van der Waals surface area (Å²) in [5, 5.41) is 3.12. The van der Waals surface area contributed by atoms with Crippen molar-refractivity contribution in [3.63, 3.8) is 0 Å². The van der Waals surface area contributed by atoms with Crippen LogP contribution in [0, 0.1) is 5.92 Å². The van der Waals surface area contributed by atoms with Crippen LogP contribution in [0.25, 0.3) is 0 Å². The maximum absolute atomic E-state index is 11.1. The Bertz CT molecular complexity index is 195. The maximum atomic E-state index is 11.1. The average molecular weight is 137 g/mol. The molecule has 1 aliphatic heterocycles. The number of Topliss-reactive ketones (excluding diaryl/α,β-unsaturated/α-hetero) is 1. The Morgan fingerprint density at radius 3 is 3.30 bits per heavy atom. The van der Waals surface area contributed by atoms with Gasteiger partial charge in [-0.05, 0) is 19.3 Å². The highest BCUT2D eigenvalue weighted by atomic mass is 16.1. The van der Waals surface area contributed by atoms with E-state index in [1.165, 1.54) is 12.1 Å². The molecule has 1 fully saturated rings. The molecule has 1 atom stereocenters. The number of hydrogen-bond acceptors (Lipinski definition) is 2. The van der Waals surface area contributed by atoms with Crippen LogP contribution >= 0.6 is 0 Å². The molecule has 2 heteroatoms. The van der Waals surface area contributed by atoms with Crippen molar-refractivity contribution < 1.29 is 4.79 Å². The van der Waals surface area contributed by atoms with Gasteiger partial charge >= 0.3 is 0 Å². The van der Waals surface area contributed by atoms with Crippen molar-refractivity contribution in [2.24, 2.45) is 5.92 Å². The standard InChI is InChI=1S/C8H11NO/c10-8-5-9-7-4-2-1-3-6(7)8/h4,6,9H,1-3,5H2. The van der Waals surface area contributed by atoms with Gasteiger partial charge in [0.2, 0.25) is 0 Å². The van der Waals surface area contributed by atoms with Gasteiger partial charge in [0.05, 0.1) is 12.5 Å². The van der Waals surface area contributed by atoms with Crippen LogP contribution in [0.4, 0.5) is 0 Å². The fourth-order valence-corrected chi connectivity index (χ4v) is 1.72. The van der Waals surface area contributed by atoms with E-state index in [1.807, 2.05) is 0 Å². The molecule has 0 aromatic rings. The maximum Gasteiger partial charge on any atom is 0.160 e. The molecule has 1 saturated heterocycles. The van der Waals surface area contributed by atoms with Crippen LogP contribution in [0.5, 0.6) is 0 Å². The molecule has 0 aromatic heterocycles. The fourth-order valence-electron chi connectivity index (χ4n) is 1.72. The van der Waals surface area contributed by atoms with Gasteiger partial charge in [0.1, 0.15) is 0 Å². The molecule has 0 radical (unpaired) electrons. The highest BCUT2D eigenvalue weighted by Gasteiger charge is 2.29. The Morgan fingerprint density at radius 1 is 1.60 bits per heavy atom. The molecule has 2 rings (SSSR count). The summed E-state index contributed by atoms with van der Waals surface area (Å²) < 4.78 is 0. The number of carbonyl (C=O) groups excluding carboxylic acids is 1. The predicted octanol–water partition coefficient (Wildman–Crippen LogP) is 0.843. The van der Waals surface area contributed by atoms with E-state index in [4.69, 9.17) is 0 Å². The van der Waals surface area contributed by atoms with Crippen LogP contribution in [0.15, 0.2) is 11.8 Å². The fraction of sp³-hybridized carbons (Fsp3) is 0.625. The lowest BCUT2D eigenvalue weighted by atomic mass is 9.92. The van der Waals surface area contributed by atoms with E-state index in [1.54, 1.807) is 0 Å². The molecule has 54 valence electrons. The molecule has 1 unspecified atom stereocenters. The second-order valence-electron chi connectivity index (χ2n) is 2.96. The molecule has 0 saturated carbocycles. The largest absolute Gasteiger partial charge is 0.381 e. The Balaban J connectivity index is 2.25. The molecule has 0 amide bonds. The van der Waals surface area contributed by atoms with E-state index >= 15 is 0 Å². The first kappa shape index (κ1) is 5.96. The summed E-state index contributed by atoms with van der Waals surface area (Å²) in [6, 6.07) is 0. The van der Waals surface area contributed by atoms with Crippen molar-refractivity contribution in [3.05, 3.63) is 11.8 Å². The molecule has 10 heavy (non-hydrogen) atoms. The first-order valence-electron chi connectivity index (χ1n) is 3.84. The number of hydrogen-bond donors (Lipinski definition) is 1. The Kier molecular flexibility index (Phi) is 1.26. The molecule has 0 bridgehead atoms. The first-order valence-corrected chi connectivity index (χ1v) is 3.84. The monoisotopic (exact) mass is 137 g/mol. The minimum atomic E-state index is 0.244. The zero-order valence-electron chi connectivity index (χ0n) is 5.89. The molecular formula is C8H11NO. The normalized spacial score (nSPS) is 31.0. The number of fused-ring (bicyclic) bond motifs is 1. The van der Waals surface area contributed by atoms with E-state index < -0.39 is 0 Å². The van der Waals surface area contributed by atoms with Gasteiger partial charge in [0.25, 0.3) is 0 Å². The van der Waals surface area contributed by atoms with Crippen molar-refractivity contribution >= 4 is 5.78 Å². The van der Waals surface area contributed by atoms with Gasteiger partial charge in [0.15, 0.2) is 5.78 Å². The smallest absolute Gasteiger partial charge is 0.160 e. The molecule has 0 spiro atoms. The Hall–Kier alpha value is -0.790. The molecule has 1 aliphatic carbocycles. The second kappa shape index (κ2) is 2.11. The quantitative estimate of drug-likeness (QED) is 0.536. The van der Waals surface area contributed by atoms with Gasteiger partial charge in [-0.2, -0.15) is 0 Å².